The molecule has 8 nitrogen and oxygen atoms in total. The van der Waals surface area contributed by atoms with Crippen molar-refractivity contribution in [2.24, 2.45) is 5.92 Å². The van der Waals surface area contributed by atoms with Gasteiger partial charge < -0.3 is 30.2 Å². The van der Waals surface area contributed by atoms with Gasteiger partial charge in [0.25, 0.3) is 0 Å². The SMILES string of the molecule is C=C1NC(=O)N[C@H](c2ccc(OCC)c(OC)c2)[C@@H]1C(=O)Nc1ccccc1OC. The van der Waals surface area contributed by atoms with Gasteiger partial charge in [-0.05, 0) is 36.8 Å². The molecule has 1 heterocycles. The number of nitrogens with one attached hydrogen (secondary N) is 3. The largest absolute Gasteiger partial charge is 0.495 e. The Morgan fingerprint density at radius 3 is 2.53 bits per heavy atom. The van der Waals surface area contributed by atoms with Gasteiger partial charge >= 0.3 is 6.03 Å². The Morgan fingerprint density at radius 1 is 1.10 bits per heavy atom. The lowest BCUT2D eigenvalue weighted by Gasteiger charge is -2.34. The van der Waals surface area contributed by atoms with Crippen LogP contribution in [0.15, 0.2) is 54.7 Å². The first kappa shape index (κ1) is 21.0. The average Bonchev–Trinajstić information content (AvgIpc) is 2.74. The maximum Gasteiger partial charge on any atom is 0.319 e. The van der Waals surface area contributed by atoms with E-state index in [2.05, 4.69) is 22.5 Å². The number of rotatable bonds is 7. The summed E-state index contributed by atoms with van der Waals surface area (Å²) in [5.41, 5.74) is 1.51. The van der Waals surface area contributed by atoms with Crippen molar-refractivity contribution in [3.8, 4) is 17.2 Å². The van der Waals surface area contributed by atoms with Crippen LogP contribution in [0.5, 0.6) is 17.2 Å². The van der Waals surface area contributed by atoms with E-state index < -0.39 is 18.0 Å². The predicted molar refractivity (Wildman–Crippen MR) is 113 cm³/mol. The van der Waals surface area contributed by atoms with Gasteiger partial charge in [0.05, 0.1) is 32.6 Å². The first-order valence-corrected chi connectivity index (χ1v) is 9.49. The minimum absolute atomic E-state index is 0.295. The van der Waals surface area contributed by atoms with Gasteiger partial charge in [-0.1, -0.05) is 24.8 Å². The van der Waals surface area contributed by atoms with Crippen molar-refractivity contribution in [2.75, 3.05) is 26.1 Å². The Balaban J connectivity index is 1.94. The highest BCUT2D eigenvalue weighted by Gasteiger charge is 2.38. The third-order valence-electron chi connectivity index (χ3n) is 4.76. The first-order valence-electron chi connectivity index (χ1n) is 9.49. The minimum atomic E-state index is -0.768. The Hall–Kier alpha value is -3.68. The number of benzene rings is 2. The molecular weight excluding hydrogens is 386 g/mol. The van der Waals surface area contributed by atoms with Crippen LogP contribution in [0, 0.1) is 5.92 Å². The molecule has 3 N–H and O–H groups in total. The smallest absolute Gasteiger partial charge is 0.319 e. The summed E-state index contributed by atoms with van der Waals surface area (Å²) in [4.78, 5) is 25.3. The molecule has 2 atom stereocenters. The molecule has 2 aromatic carbocycles. The van der Waals surface area contributed by atoms with Crippen molar-refractivity contribution in [1.29, 1.82) is 0 Å². The molecule has 3 amide bonds. The molecule has 1 aliphatic rings. The van der Waals surface area contributed by atoms with Crippen molar-refractivity contribution in [3.63, 3.8) is 0 Å². The van der Waals surface area contributed by atoms with Crippen molar-refractivity contribution < 1.29 is 23.8 Å². The lowest BCUT2D eigenvalue weighted by Crippen LogP contribution is -2.51. The maximum atomic E-state index is 13.2. The monoisotopic (exact) mass is 411 g/mol. The average molecular weight is 411 g/mol. The molecule has 2 aromatic rings. The molecule has 0 aliphatic carbocycles. The number of urea groups is 1. The van der Waals surface area contributed by atoms with E-state index in [1.165, 1.54) is 14.2 Å². The molecule has 0 saturated carbocycles. The molecule has 1 fully saturated rings. The summed E-state index contributed by atoms with van der Waals surface area (Å²) in [5.74, 6) is 0.517. The van der Waals surface area contributed by atoms with Crippen LogP contribution in [0.25, 0.3) is 0 Å². The van der Waals surface area contributed by atoms with E-state index in [0.717, 1.165) is 0 Å². The van der Waals surface area contributed by atoms with Gasteiger partial charge in [-0.15, -0.1) is 0 Å². The third kappa shape index (κ3) is 4.32. The second-order valence-corrected chi connectivity index (χ2v) is 6.61. The van der Waals surface area contributed by atoms with Gasteiger partial charge in [-0.3, -0.25) is 4.79 Å². The number of carbonyl (C=O) groups is 2. The molecule has 1 saturated heterocycles. The fourth-order valence-corrected chi connectivity index (χ4v) is 3.38. The lowest BCUT2D eigenvalue weighted by molar-refractivity contribution is -0.119. The molecule has 158 valence electrons. The number of ether oxygens (including phenoxy) is 3. The van der Waals surface area contributed by atoms with Crippen LogP contribution in [-0.4, -0.2) is 32.8 Å². The van der Waals surface area contributed by atoms with Crippen LogP contribution >= 0.6 is 0 Å². The van der Waals surface area contributed by atoms with Gasteiger partial charge in [-0.25, -0.2) is 4.79 Å². The fourth-order valence-electron chi connectivity index (χ4n) is 3.38. The van der Waals surface area contributed by atoms with Crippen molar-refractivity contribution in [2.45, 2.75) is 13.0 Å². The van der Waals surface area contributed by atoms with Gasteiger partial charge in [0, 0.05) is 5.70 Å². The molecule has 0 spiro atoms. The van der Waals surface area contributed by atoms with E-state index in [0.29, 0.717) is 40.8 Å². The van der Waals surface area contributed by atoms with E-state index in [4.69, 9.17) is 14.2 Å². The fraction of sp³-hybridized carbons (Fsp3) is 0.273. The highest BCUT2D eigenvalue weighted by atomic mass is 16.5. The zero-order valence-electron chi connectivity index (χ0n) is 17.2. The number of methoxy groups -OCH3 is 2. The minimum Gasteiger partial charge on any atom is -0.495 e. The van der Waals surface area contributed by atoms with E-state index >= 15 is 0 Å². The van der Waals surface area contributed by atoms with Crippen LogP contribution in [0.2, 0.25) is 0 Å². The van der Waals surface area contributed by atoms with E-state index in [-0.39, 0.29) is 5.91 Å². The Kier molecular flexibility index (Phi) is 6.46. The number of anilines is 1. The molecule has 0 bridgehead atoms. The zero-order valence-corrected chi connectivity index (χ0v) is 17.2. The Labute approximate surface area is 175 Å². The summed E-state index contributed by atoms with van der Waals surface area (Å²) in [6.45, 7) is 6.26. The van der Waals surface area contributed by atoms with Gasteiger partial charge in [0.2, 0.25) is 5.91 Å². The Bertz CT molecular complexity index is 960. The summed E-state index contributed by atoms with van der Waals surface area (Å²) in [5, 5.41) is 8.27. The van der Waals surface area contributed by atoms with Crippen molar-refractivity contribution >= 4 is 17.6 Å². The molecule has 30 heavy (non-hydrogen) atoms. The van der Waals surface area contributed by atoms with Gasteiger partial charge in [0.1, 0.15) is 11.7 Å². The van der Waals surface area contributed by atoms with E-state index in [9.17, 15) is 9.59 Å². The number of hydrogen-bond donors (Lipinski definition) is 3. The topological polar surface area (TPSA) is 97.9 Å². The molecule has 8 heteroatoms. The summed E-state index contributed by atoms with van der Waals surface area (Å²) < 4.78 is 16.3. The van der Waals surface area contributed by atoms with Crippen LogP contribution in [0.1, 0.15) is 18.5 Å². The van der Waals surface area contributed by atoms with E-state index in [1.807, 2.05) is 13.0 Å². The molecular formula is C22H25N3O5. The quantitative estimate of drug-likeness (QED) is 0.650. The zero-order chi connectivity index (χ0) is 21.7. The maximum absolute atomic E-state index is 13.2. The van der Waals surface area contributed by atoms with Crippen LogP contribution < -0.4 is 30.2 Å². The second kappa shape index (κ2) is 9.21. The van der Waals surface area contributed by atoms with Crippen LogP contribution in [0.3, 0.4) is 0 Å². The summed E-state index contributed by atoms with van der Waals surface area (Å²) in [7, 11) is 3.06. The number of para-hydroxylation sites is 2. The molecule has 0 radical (unpaired) electrons. The summed E-state index contributed by atoms with van der Waals surface area (Å²) in [6.07, 6.45) is 0. The second-order valence-electron chi connectivity index (χ2n) is 6.61. The van der Waals surface area contributed by atoms with Gasteiger partial charge in [0.15, 0.2) is 11.5 Å². The van der Waals surface area contributed by atoms with Crippen LogP contribution in [0.4, 0.5) is 10.5 Å². The molecule has 3 rings (SSSR count). The Morgan fingerprint density at radius 2 is 1.83 bits per heavy atom. The van der Waals surface area contributed by atoms with Crippen LogP contribution in [-0.2, 0) is 4.79 Å². The third-order valence-corrected chi connectivity index (χ3v) is 4.76. The van der Waals surface area contributed by atoms with Gasteiger partial charge in [-0.2, -0.15) is 0 Å². The molecule has 0 aromatic heterocycles. The van der Waals surface area contributed by atoms with Crippen molar-refractivity contribution in [1.82, 2.24) is 10.6 Å². The lowest BCUT2D eigenvalue weighted by atomic mass is 9.88. The highest BCUT2D eigenvalue weighted by Crippen LogP contribution is 2.36. The number of amides is 3. The number of carbonyl (C=O) groups excluding carboxylic acids is 2. The molecule has 0 unspecified atom stereocenters. The standard InChI is InChI=1S/C22H25N3O5/c1-5-30-17-11-10-14(12-18(17)29-4)20-19(13(2)23-22(27)25-20)21(26)24-15-8-6-7-9-16(15)28-3/h6-12,19-20H,2,5H2,1,3-4H3,(H,24,26)(H2,23,25,27)/t19-,20-/m1/s1. The number of hydrogen-bond acceptors (Lipinski definition) is 5. The normalized spacial score (nSPS) is 18.1. The molecule has 1 aliphatic heterocycles. The van der Waals surface area contributed by atoms with E-state index in [1.54, 1.807) is 36.4 Å². The summed E-state index contributed by atoms with van der Waals surface area (Å²) >= 11 is 0. The first-order chi connectivity index (χ1) is 14.5. The summed E-state index contributed by atoms with van der Waals surface area (Å²) in [6, 6.07) is 11.3. The van der Waals surface area contributed by atoms with Crippen molar-refractivity contribution in [3.05, 3.63) is 60.3 Å². The predicted octanol–water partition coefficient (Wildman–Crippen LogP) is 3.23. The highest BCUT2D eigenvalue weighted by molar-refractivity contribution is 5.98.